The van der Waals surface area contributed by atoms with Crippen LogP contribution in [-0.4, -0.2) is 29.1 Å². The highest BCUT2D eigenvalue weighted by molar-refractivity contribution is 5.58. The van der Waals surface area contributed by atoms with E-state index in [-0.39, 0.29) is 11.6 Å². The van der Waals surface area contributed by atoms with Crippen LogP contribution in [0.5, 0.6) is 0 Å². The van der Waals surface area contributed by atoms with Crippen molar-refractivity contribution < 1.29 is 4.39 Å². The molecule has 0 radical (unpaired) electrons. The first-order chi connectivity index (χ1) is 12.1. The topological polar surface area (TPSA) is 90.9 Å². The molecule has 0 unspecified atom stereocenters. The number of aryl methyl sites for hydroxylation is 1. The van der Waals surface area contributed by atoms with Gasteiger partial charge in [-0.15, -0.1) is 0 Å². The van der Waals surface area contributed by atoms with Gasteiger partial charge in [0, 0.05) is 36.6 Å². The number of hydrogen-bond acceptors (Lipinski definition) is 6. The fraction of sp³-hybridized carbons (Fsp3) is 0.389. The monoisotopic (exact) mass is 340 g/mol. The summed E-state index contributed by atoms with van der Waals surface area (Å²) in [6, 6.07) is 8.28. The molecule has 2 aromatic rings. The van der Waals surface area contributed by atoms with Crippen LogP contribution in [-0.2, 0) is 6.42 Å². The molecule has 1 aromatic carbocycles. The summed E-state index contributed by atoms with van der Waals surface area (Å²) in [5, 5.41) is 12.0. The maximum Gasteiger partial charge on any atom is 0.229 e. The first kappa shape index (κ1) is 17.1. The highest BCUT2D eigenvalue weighted by Crippen LogP contribution is 2.23. The Balaban J connectivity index is 1.89. The van der Waals surface area contributed by atoms with Gasteiger partial charge < -0.3 is 16.0 Å². The number of aromatic nitrogens is 2. The zero-order valence-electron chi connectivity index (χ0n) is 14.2. The molecule has 6 nitrogen and oxygen atoms in total. The zero-order chi connectivity index (χ0) is 17.8. The van der Waals surface area contributed by atoms with Crippen molar-refractivity contribution in [3.63, 3.8) is 0 Å². The standard InChI is InChI=1S/C18H21FN6/c1-2-3-14-9-17(25-7-6-13(21)11-25)24-18(22-14)23-15-4-5-16(19)12(8-15)10-20/h4-5,8-9,13H,2-3,6-7,11,21H2,1H3,(H,22,23,24)/t13-/m0/s1. The number of anilines is 3. The largest absolute Gasteiger partial charge is 0.355 e. The fourth-order valence-electron chi connectivity index (χ4n) is 2.90. The van der Waals surface area contributed by atoms with Gasteiger partial charge in [-0.05, 0) is 31.0 Å². The molecular formula is C18H21FN6. The van der Waals surface area contributed by atoms with E-state index in [1.54, 1.807) is 6.07 Å². The Hall–Kier alpha value is -2.72. The van der Waals surface area contributed by atoms with Crippen LogP contribution in [0.25, 0.3) is 0 Å². The molecule has 0 saturated carbocycles. The third-order valence-electron chi connectivity index (χ3n) is 4.16. The van der Waals surface area contributed by atoms with Gasteiger partial charge in [0.15, 0.2) is 0 Å². The van der Waals surface area contributed by atoms with Gasteiger partial charge in [0.05, 0.1) is 5.56 Å². The van der Waals surface area contributed by atoms with E-state index in [9.17, 15) is 4.39 Å². The number of rotatable bonds is 5. The van der Waals surface area contributed by atoms with Crippen molar-refractivity contribution in [1.82, 2.24) is 9.97 Å². The number of hydrogen-bond donors (Lipinski definition) is 2. The van der Waals surface area contributed by atoms with E-state index in [2.05, 4.69) is 27.1 Å². The van der Waals surface area contributed by atoms with Crippen molar-refractivity contribution in [2.24, 2.45) is 5.73 Å². The first-order valence-corrected chi connectivity index (χ1v) is 8.44. The molecule has 1 aromatic heterocycles. The number of nitrogens with one attached hydrogen (secondary N) is 1. The molecule has 25 heavy (non-hydrogen) atoms. The van der Waals surface area contributed by atoms with E-state index in [0.29, 0.717) is 11.6 Å². The lowest BCUT2D eigenvalue weighted by atomic mass is 10.2. The van der Waals surface area contributed by atoms with E-state index in [1.165, 1.54) is 12.1 Å². The van der Waals surface area contributed by atoms with E-state index >= 15 is 0 Å². The third-order valence-corrected chi connectivity index (χ3v) is 4.16. The van der Waals surface area contributed by atoms with Crippen LogP contribution in [0.3, 0.4) is 0 Å². The van der Waals surface area contributed by atoms with Crippen molar-refractivity contribution in [2.45, 2.75) is 32.2 Å². The summed E-state index contributed by atoms with van der Waals surface area (Å²) in [5.74, 6) is 0.744. The minimum absolute atomic E-state index is 0.0135. The van der Waals surface area contributed by atoms with E-state index in [4.69, 9.17) is 11.0 Å². The van der Waals surface area contributed by atoms with E-state index in [0.717, 1.165) is 43.9 Å². The Bertz CT molecular complexity index is 801. The van der Waals surface area contributed by atoms with Crippen molar-refractivity contribution in [3.8, 4) is 6.07 Å². The summed E-state index contributed by atoms with van der Waals surface area (Å²) in [4.78, 5) is 11.3. The van der Waals surface area contributed by atoms with Gasteiger partial charge in [-0.1, -0.05) is 13.3 Å². The quantitative estimate of drug-likeness (QED) is 0.870. The molecule has 1 aliphatic rings. The van der Waals surface area contributed by atoms with Gasteiger partial charge in [-0.25, -0.2) is 9.37 Å². The van der Waals surface area contributed by atoms with E-state index < -0.39 is 5.82 Å². The highest BCUT2D eigenvalue weighted by atomic mass is 19.1. The molecule has 0 amide bonds. The molecule has 3 rings (SSSR count). The second-order valence-electron chi connectivity index (χ2n) is 6.22. The molecule has 1 saturated heterocycles. The molecule has 7 heteroatoms. The second kappa shape index (κ2) is 7.45. The number of nitriles is 1. The van der Waals surface area contributed by atoms with Gasteiger partial charge >= 0.3 is 0 Å². The Morgan fingerprint density at radius 1 is 1.40 bits per heavy atom. The third kappa shape index (κ3) is 4.03. The van der Waals surface area contributed by atoms with Crippen LogP contribution in [0.15, 0.2) is 24.3 Å². The van der Waals surface area contributed by atoms with Crippen LogP contribution in [0.2, 0.25) is 0 Å². The lowest BCUT2D eigenvalue weighted by Gasteiger charge is -2.19. The molecule has 0 spiro atoms. The average molecular weight is 340 g/mol. The Morgan fingerprint density at radius 3 is 2.92 bits per heavy atom. The molecule has 1 aliphatic heterocycles. The van der Waals surface area contributed by atoms with Crippen LogP contribution >= 0.6 is 0 Å². The van der Waals surface area contributed by atoms with Gasteiger partial charge in [0.25, 0.3) is 0 Å². The normalized spacial score (nSPS) is 16.7. The van der Waals surface area contributed by atoms with Crippen LogP contribution < -0.4 is 16.0 Å². The summed E-state index contributed by atoms with van der Waals surface area (Å²) in [5.41, 5.74) is 7.51. The number of benzene rings is 1. The lowest BCUT2D eigenvalue weighted by Crippen LogP contribution is -2.27. The summed E-state index contributed by atoms with van der Waals surface area (Å²) < 4.78 is 13.5. The summed E-state index contributed by atoms with van der Waals surface area (Å²) in [7, 11) is 0. The zero-order valence-corrected chi connectivity index (χ0v) is 14.2. The lowest BCUT2D eigenvalue weighted by molar-refractivity contribution is 0.624. The maximum absolute atomic E-state index is 13.5. The molecule has 1 atom stereocenters. The summed E-state index contributed by atoms with van der Waals surface area (Å²) in [6.45, 7) is 3.75. The minimum Gasteiger partial charge on any atom is -0.355 e. The average Bonchev–Trinajstić information content (AvgIpc) is 3.03. The highest BCUT2D eigenvalue weighted by Gasteiger charge is 2.21. The van der Waals surface area contributed by atoms with Crippen LogP contribution in [0, 0.1) is 17.1 Å². The molecule has 130 valence electrons. The number of nitrogens with zero attached hydrogens (tertiary/aromatic N) is 4. The molecule has 1 fully saturated rings. The SMILES string of the molecule is CCCc1cc(N2CC[C@H](N)C2)nc(Nc2ccc(F)c(C#N)c2)n1. The minimum atomic E-state index is -0.541. The van der Waals surface area contributed by atoms with Crippen LogP contribution in [0.4, 0.5) is 21.8 Å². The Morgan fingerprint density at radius 2 is 2.24 bits per heavy atom. The maximum atomic E-state index is 13.5. The summed E-state index contributed by atoms with van der Waals surface area (Å²) in [6.07, 6.45) is 2.76. The van der Waals surface area contributed by atoms with Crippen molar-refractivity contribution >= 4 is 17.5 Å². The molecular weight excluding hydrogens is 319 g/mol. The van der Waals surface area contributed by atoms with E-state index in [1.807, 2.05) is 12.1 Å². The second-order valence-corrected chi connectivity index (χ2v) is 6.22. The number of halogens is 1. The Labute approximate surface area is 146 Å². The first-order valence-electron chi connectivity index (χ1n) is 8.44. The Kier molecular flexibility index (Phi) is 5.10. The van der Waals surface area contributed by atoms with Crippen LogP contribution in [0.1, 0.15) is 31.0 Å². The smallest absolute Gasteiger partial charge is 0.229 e. The predicted octanol–water partition coefficient (Wildman–Crippen LogP) is 2.72. The van der Waals surface area contributed by atoms with Gasteiger partial charge in [-0.2, -0.15) is 10.2 Å². The number of nitrogens with two attached hydrogens (primary N) is 1. The van der Waals surface area contributed by atoms with Crippen molar-refractivity contribution in [1.29, 1.82) is 5.26 Å². The van der Waals surface area contributed by atoms with Crippen molar-refractivity contribution in [3.05, 3.63) is 41.3 Å². The van der Waals surface area contributed by atoms with Crippen molar-refractivity contribution in [2.75, 3.05) is 23.3 Å². The predicted molar refractivity (Wildman–Crippen MR) is 95.2 cm³/mol. The molecule has 0 aliphatic carbocycles. The molecule has 2 heterocycles. The van der Waals surface area contributed by atoms with Gasteiger partial charge in [0.2, 0.25) is 5.95 Å². The summed E-state index contributed by atoms with van der Waals surface area (Å²) >= 11 is 0. The van der Waals surface area contributed by atoms with Gasteiger partial charge in [0.1, 0.15) is 17.7 Å². The van der Waals surface area contributed by atoms with Gasteiger partial charge in [-0.3, -0.25) is 0 Å². The molecule has 3 N–H and O–H groups in total. The fourth-order valence-corrected chi connectivity index (χ4v) is 2.90. The molecule has 0 bridgehead atoms.